The molecule has 0 aliphatic carbocycles. The molecular weight excluding hydrogens is 144 g/mol. The van der Waals surface area contributed by atoms with Gasteiger partial charge in [0.15, 0.2) is 0 Å². The molecule has 0 aliphatic heterocycles. The van der Waals surface area contributed by atoms with Crippen LogP contribution >= 0.6 is 0 Å². The lowest BCUT2D eigenvalue weighted by Crippen LogP contribution is -1.95. The number of nitrogens with zero attached hydrogens (tertiary/aromatic N) is 1. The third-order valence-electron chi connectivity index (χ3n) is 1.40. The minimum atomic E-state index is 0.179. The zero-order valence-corrected chi connectivity index (χ0v) is 6.29. The monoisotopic (exact) mass is 156 g/mol. The Kier molecular flexibility index (Phi) is 3.07. The summed E-state index contributed by atoms with van der Waals surface area (Å²) in [4.78, 5) is 0. The maximum atomic E-state index is 8.50. The first-order valence-corrected chi connectivity index (χ1v) is 3.62. The van der Waals surface area contributed by atoms with E-state index < -0.39 is 0 Å². The molecule has 11 heavy (non-hydrogen) atoms. The summed E-state index contributed by atoms with van der Waals surface area (Å²) in [5, 5.41) is 12.2. The molecule has 1 rings (SSSR count). The van der Waals surface area contributed by atoms with Crippen LogP contribution in [-0.4, -0.2) is 16.9 Å². The van der Waals surface area contributed by atoms with Gasteiger partial charge in [0.2, 0.25) is 0 Å². The minimum Gasteiger partial charge on any atom is -0.396 e. The highest BCUT2D eigenvalue weighted by Crippen LogP contribution is 2.04. The van der Waals surface area contributed by atoms with Gasteiger partial charge in [-0.25, -0.2) is 0 Å². The molecule has 0 saturated heterocycles. The quantitative estimate of drug-likeness (QED) is 0.646. The predicted octanol–water partition coefficient (Wildman–Crippen LogP) is 0.0582. The van der Waals surface area contributed by atoms with Crippen LogP contribution < -0.4 is 5.73 Å². The number of hydrogen-bond donors (Lipinski definition) is 2. The van der Waals surface area contributed by atoms with Crippen LogP contribution in [0, 0.1) is 0 Å². The molecule has 0 aliphatic rings. The summed E-state index contributed by atoms with van der Waals surface area (Å²) in [7, 11) is 0. The van der Waals surface area contributed by atoms with Crippen molar-refractivity contribution < 1.29 is 9.63 Å². The van der Waals surface area contributed by atoms with E-state index in [9.17, 15) is 0 Å². The molecule has 0 radical (unpaired) electrons. The van der Waals surface area contributed by atoms with Gasteiger partial charge in [0.25, 0.3) is 0 Å². The molecule has 1 aromatic rings. The fraction of sp³-hybridized carbons (Fsp3) is 0.571. The fourth-order valence-corrected chi connectivity index (χ4v) is 0.823. The van der Waals surface area contributed by atoms with Gasteiger partial charge in [0.05, 0.1) is 5.69 Å². The van der Waals surface area contributed by atoms with Crippen LogP contribution in [0.3, 0.4) is 0 Å². The highest BCUT2D eigenvalue weighted by Gasteiger charge is 2.00. The molecule has 0 amide bonds. The summed E-state index contributed by atoms with van der Waals surface area (Å²) in [6.07, 6.45) is 1.43. The minimum absolute atomic E-state index is 0.179. The molecular formula is C7H12N2O2. The van der Waals surface area contributed by atoms with Crippen LogP contribution in [-0.2, 0) is 13.0 Å². The van der Waals surface area contributed by atoms with Gasteiger partial charge in [0, 0.05) is 25.6 Å². The van der Waals surface area contributed by atoms with Crippen LogP contribution in [0.15, 0.2) is 10.6 Å². The third-order valence-corrected chi connectivity index (χ3v) is 1.40. The number of aliphatic hydroxyl groups is 1. The summed E-state index contributed by atoms with van der Waals surface area (Å²) in [6.45, 7) is 0.585. The van der Waals surface area contributed by atoms with Gasteiger partial charge in [-0.15, -0.1) is 0 Å². The molecule has 0 unspecified atom stereocenters. The standard InChI is InChI=1S/C7H12N2O2/c8-5-6-4-7(11-9-6)2-1-3-10/h4,10H,1-3,5,8H2. The van der Waals surface area contributed by atoms with Gasteiger partial charge in [-0.05, 0) is 6.42 Å². The molecule has 0 aromatic carbocycles. The molecule has 4 nitrogen and oxygen atoms in total. The normalized spacial score (nSPS) is 10.4. The van der Waals surface area contributed by atoms with Crippen molar-refractivity contribution in [2.45, 2.75) is 19.4 Å². The summed E-state index contributed by atoms with van der Waals surface area (Å²) >= 11 is 0. The number of hydrogen-bond acceptors (Lipinski definition) is 4. The van der Waals surface area contributed by atoms with Gasteiger partial charge < -0.3 is 15.4 Å². The lowest BCUT2D eigenvalue weighted by molar-refractivity contribution is 0.279. The molecule has 62 valence electrons. The second kappa shape index (κ2) is 4.10. The Morgan fingerprint density at radius 1 is 1.64 bits per heavy atom. The van der Waals surface area contributed by atoms with Crippen molar-refractivity contribution in [3.05, 3.63) is 17.5 Å². The fourth-order valence-electron chi connectivity index (χ4n) is 0.823. The van der Waals surface area contributed by atoms with E-state index in [-0.39, 0.29) is 6.61 Å². The molecule has 1 aromatic heterocycles. The second-order valence-corrected chi connectivity index (χ2v) is 2.32. The number of aromatic nitrogens is 1. The number of aliphatic hydroxyl groups excluding tert-OH is 1. The van der Waals surface area contributed by atoms with E-state index in [1.54, 1.807) is 0 Å². The zero-order valence-electron chi connectivity index (χ0n) is 6.29. The Morgan fingerprint density at radius 2 is 2.45 bits per heavy atom. The van der Waals surface area contributed by atoms with Crippen LogP contribution in [0.25, 0.3) is 0 Å². The van der Waals surface area contributed by atoms with Crippen molar-refractivity contribution in [1.29, 1.82) is 0 Å². The van der Waals surface area contributed by atoms with E-state index in [0.717, 1.165) is 17.9 Å². The summed E-state index contributed by atoms with van der Waals surface area (Å²) in [5.74, 6) is 0.791. The SMILES string of the molecule is NCc1cc(CCCO)on1. The smallest absolute Gasteiger partial charge is 0.137 e. The van der Waals surface area contributed by atoms with Crippen LogP contribution in [0.5, 0.6) is 0 Å². The largest absolute Gasteiger partial charge is 0.396 e. The molecule has 4 heteroatoms. The highest BCUT2D eigenvalue weighted by molar-refractivity contribution is 5.04. The van der Waals surface area contributed by atoms with Gasteiger partial charge >= 0.3 is 0 Å². The molecule has 0 saturated carbocycles. The Bertz CT molecular complexity index is 210. The average Bonchev–Trinajstić information content (AvgIpc) is 2.48. The average molecular weight is 156 g/mol. The first-order chi connectivity index (χ1) is 5.36. The van der Waals surface area contributed by atoms with E-state index in [1.807, 2.05) is 6.07 Å². The molecule has 0 atom stereocenters. The summed E-state index contributed by atoms with van der Waals surface area (Å²) in [5.41, 5.74) is 6.08. The van der Waals surface area contributed by atoms with Gasteiger partial charge in [-0.2, -0.15) is 0 Å². The number of nitrogens with two attached hydrogens (primary N) is 1. The maximum Gasteiger partial charge on any atom is 0.137 e. The molecule has 0 spiro atoms. The first-order valence-electron chi connectivity index (χ1n) is 3.62. The Hall–Kier alpha value is -0.870. The lowest BCUT2D eigenvalue weighted by Gasteiger charge is -1.88. The second-order valence-electron chi connectivity index (χ2n) is 2.32. The molecule has 0 bridgehead atoms. The highest BCUT2D eigenvalue weighted by atomic mass is 16.5. The van der Waals surface area contributed by atoms with Crippen molar-refractivity contribution in [3.8, 4) is 0 Å². The van der Waals surface area contributed by atoms with Crippen LogP contribution in [0.4, 0.5) is 0 Å². The number of rotatable bonds is 4. The molecule has 3 N–H and O–H groups in total. The Morgan fingerprint density at radius 3 is 3.00 bits per heavy atom. The summed E-state index contributed by atoms with van der Waals surface area (Å²) in [6, 6.07) is 1.82. The van der Waals surface area contributed by atoms with E-state index in [2.05, 4.69) is 5.16 Å². The first kappa shape index (κ1) is 8.23. The molecule has 0 fully saturated rings. The van der Waals surface area contributed by atoms with E-state index in [0.29, 0.717) is 13.0 Å². The number of aryl methyl sites for hydroxylation is 1. The van der Waals surface area contributed by atoms with Crippen molar-refractivity contribution in [1.82, 2.24) is 5.16 Å². The van der Waals surface area contributed by atoms with Gasteiger partial charge in [0.1, 0.15) is 5.76 Å². The Labute approximate surface area is 65.0 Å². The van der Waals surface area contributed by atoms with Crippen molar-refractivity contribution in [2.24, 2.45) is 5.73 Å². The van der Waals surface area contributed by atoms with Crippen molar-refractivity contribution in [3.63, 3.8) is 0 Å². The van der Waals surface area contributed by atoms with Crippen molar-refractivity contribution in [2.75, 3.05) is 6.61 Å². The van der Waals surface area contributed by atoms with Crippen LogP contribution in [0.2, 0.25) is 0 Å². The van der Waals surface area contributed by atoms with Crippen LogP contribution in [0.1, 0.15) is 17.9 Å². The Balaban J connectivity index is 2.44. The maximum absolute atomic E-state index is 8.50. The molecule has 1 heterocycles. The predicted molar refractivity (Wildman–Crippen MR) is 39.8 cm³/mol. The summed E-state index contributed by atoms with van der Waals surface area (Å²) < 4.78 is 4.92. The van der Waals surface area contributed by atoms with E-state index in [4.69, 9.17) is 15.4 Å². The van der Waals surface area contributed by atoms with Gasteiger partial charge in [-0.3, -0.25) is 0 Å². The lowest BCUT2D eigenvalue weighted by atomic mass is 10.2. The van der Waals surface area contributed by atoms with Gasteiger partial charge in [-0.1, -0.05) is 5.16 Å². The third kappa shape index (κ3) is 2.32. The zero-order chi connectivity index (χ0) is 8.10. The van der Waals surface area contributed by atoms with E-state index in [1.165, 1.54) is 0 Å². The van der Waals surface area contributed by atoms with E-state index >= 15 is 0 Å². The van der Waals surface area contributed by atoms with Crippen molar-refractivity contribution >= 4 is 0 Å². The topological polar surface area (TPSA) is 72.3 Å².